The molecule has 2 nitrogen and oxygen atoms in total. The van der Waals surface area contributed by atoms with E-state index in [9.17, 15) is 9.18 Å². The van der Waals surface area contributed by atoms with Gasteiger partial charge in [0.25, 0.3) is 0 Å². The average Bonchev–Trinajstić information content (AvgIpc) is 2.38. The van der Waals surface area contributed by atoms with Gasteiger partial charge in [0, 0.05) is 24.2 Å². The molecule has 0 aliphatic carbocycles. The highest BCUT2D eigenvalue weighted by molar-refractivity contribution is 6.10. The minimum atomic E-state index is -0.375. The minimum Gasteiger partial charge on any atom is -0.309 e. The fraction of sp³-hybridized carbons (Fsp3) is 0.133. The molecule has 2 aromatic rings. The van der Waals surface area contributed by atoms with E-state index in [-0.39, 0.29) is 11.6 Å². The Bertz CT molecular complexity index is 622. The van der Waals surface area contributed by atoms with Gasteiger partial charge in [-0.15, -0.1) is 0 Å². The van der Waals surface area contributed by atoms with Crippen molar-refractivity contribution in [2.45, 2.75) is 13.1 Å². The molecule has 90 valence electrons. The van der Waals surface area contributed by atoms with Crippen LogP contribution in [0.25, 0.3) is 0 Å². The fourth-order valence-electron chi connectivity index (χ4n) is 2.29. The number of nitrogens with one attached hydrogen (secondary N) is 1. The van der Waals surface area contributed by atoms with E-state index in [4.69, 9.17) is 0 Å². The van der Waals surface area contributed by atoms with Crippen LogP contribution in [0.15, 0.2) is 42.5 Å². The molecule has 2 aromatic carbocycles. The van der Waals surface area contributed by atoms with Gasteiger partial charge >= 0.3 is 0 Å². The molecule has 1 aliphatic heterocycles. The van der Waals surface area contributed by atoms with Crippen LogP contribution in [0.4, 0.5) is 4.39 Å². The van der Waals surface area contributed by atoms with Gasteiger partial charge in [-0.1, -0.05) is 30.3 Å². The van der Waals surface area contributed by atoms with Gasteiger partial charge in [-0.2, -0.15) is 0 Å². The van der Waals surface area contributed by atoms with Gasteiger partial charge in [-0.3, -0.25) is 4.79 Å². The second-order valence-corrected chi connectivity index (χ2v) is 4.39. The standard InChI is InChI=1S/C15H12FNO/c16-12-6-5-11-9-17-8-10-3-1-2-4-13(10)15(18)14(11)7-12/h1-7,17H,8-9H2. The molecule has 0 bridgehead atoms. The maximum absolute atomic E-state index is 13.3. The molecule has 0 spiro atoms. The quantitative estimate of drug-likeness (QED) is 0.768. The summed E-state index contributed by atoms with van der Waals surface area (Å²) >= 11 is 0. The molecule has 1 aliphatic rings. The normalized spacial score (nSPS) is 14.4. The molecule has 3 heteroatoms. The molecule has 0 radical (unpaired) electrons. The summed E-state index contributed by atoms with van der Waals surface area (Å²) in [5.41, 5.74) is 2.90. The molecule has 0 saturated heterocycles. The van der Waals surface area contributed by atoms with E-state index in [1.165, 1.54) is 12.1 Å². The van der Waals surface area contributed by atoms with E-state index in [1.54, 1.807) is 12.1 Å². The Morgan fingerprint density at radius 1 is 0.944 bits per heavy atom. The summed E-state index contributed by atoms with van der Waals surface area (Å²) in [5.74, 6) is -0.471. The predicted octanol–water partition coefficient (Wildman–Crippen LogP) is 2.66. The summed E-state index contributed by atoms with van der Waals surface area (Å²) in [6, 6.07) is 11.8. The molecule has 0 aromatic heterocycles. The summed E-state index contributed by atoms with van der Waals surface area (Å²) in [7, 11) is 0. The minimum absolute atomic E-state index is 0.0957. The molecular weight excluding hydrogens is 229 g/mol. The van der Waals surface area contributed by atoms with Gasteiger partial charge in [-0.05, 0) is 23.3 Å². The van der Waals surface area contributed by atoms with E-state index in [1.807, 2.05) is 18.2 Å². The first-order chi connectivity index (χ1) is 8.75. The highest BCUT2D eigenvalue weighted by atomic mass is 19.1. The summed E-state index contributed by atoms with van der Waals surface area (Å²) < 4.78 is 13.3. The van der Waals surface area contributed by atoms with Crippen LogP contribution >= 0.6 is 0 Å². The van der Waals surface area contributed by atoms with Crippen LogP contribution in [-0.4, -0.2) is 5.78 Å². The van der Waals surface area contributed by atoms with Gasteiger partial charge in [0.1, 0.15) is 5.82 Å². The third kappa shape index (κ3) is 1.83. The van der Waals surface area contributed by atoms with Crippen molar-refractivity contribution in [3.8, 4) is 0 Å². The summed E-state index contributed by atoms with van der Waals surface area (Å²) in [6.07, 6.45) is 0. The summed E-state index contributed by atoms with van der Waals surface area (Å²) in [6.45, 7) is 1.23. The van der Waals surface area contributed by atoms with Crippen molar-refractivity contribution in [2.24, 2.45) is 0 Å². The van der Waals surface area contributed by atoms with E-state index in [2.05, 4.69) is 5.32 Å². The lowest BCUT2D eigenvalue weighted by Gasteiger charge is -2.17. The zero-order valence-electron chi connectivity index (χ0n) is 9.74. The highest BCUT2D eigenvalue weighted by Crippen LogP contribution is 2.21. The predicted molar refractivity (Wildman–Crippen MR) is 66.8 cm³/mol. The first-order valence-corrected chi connectivity index (χ1v) is 5.87. The fourth-order valence-corrected chi connectivity index (χ4v) is 2.29. The third-order valence-corrected chi connectivity index (χ3v) is 3.21. The number of benzene rings is 2. The topological polar surface area (TPSA) is 29.1 Å². The summed E-state index contributed by atoms with van der Waals surface area (Å²) in [4.78, 5) is 12.4. The number of hydrogen-bond donors (Lipinski definition) is 1. The first kappa shape index (κ1) is 11.1. The van der Waals surface area contributed by atoms with Crippen molar-refractivity contribution in [2.75, 3.05) is 0 Å². The maximum atomic E-state index is 13.3. The zero-order valence-corrected chi connectivity index (χ0v) is 9.74. The Labute approximate surface area is 104 Å². The van der Waals surface area contributed by atoms with Crippen LogP contribution in [0.2, 0.25) is 0 Å². The number of fused-ring (bicyclic) bond motifs is 2. The second-order valence-electron chi connectivity index (χ2n) is 4.39. The van der Waals surface area contributed by atoms with Crippen LogP contribution in [0, 0.1) is 5.82 Å². The number of hydrogen-bond acceptors (Lipinski definition) is 2. The number of carbonyl (C=O) groups is 1. The van der Waals surface area contributed by atoms with Crippen molar-refractivity contribution in [3.05, 3.63) is 70.5 Å². The summed E-state index contributed by atoms with van der Waals surface area (Å²) in [5, 5.41) is 3.26. The third-order valence-electron chi connectivity index (χ3n) is 3.21. The monoisotopic (exact) mass is 241 g/mol. The highest BCUT2D eigenvalue weighted by Gasteiger charge is 2.19. The Morgan fingerprint density at radius 2 is 1.67 bits per heavy atom. The van der Waals surface area contributed by atoms with Crippen molar-refractivity contribution < 1.29 is 9.18 Å². The molecule has 0 unspecified atom stereocenters. The van der Waals surface area contributed by atoms with Crippen molar-refractivity contribution >= 4 is 5.78 Å². The largest absolute Gasteiger partial charge is 0.309 e. The number of halogens is 1. The second kappa shape index (κ2) is 4.35. The van der Waals surface area contributed by atoms with E-state index in [0.717, 1.165) is 11.1 Å². The van der Waals surface area contributed by atoms with Gasteiger partial charge in [-0.25, -0.2) is 4.39 Å². The molecule has 1 heterocycles. The van der Waals surface area contributed by atoms with Gasteiger partial charge in [0.15, 0.2) is 5.78 Å². The molecule has 0 saturated carbocycles. The first-order valence-electron chi connectivity index (χ1n) is 5.87. The lowest BCUT2D eigenvalue weighted by atomic mass is 9.93. The van der Waals surface area contributed by atoms with Crippen LogP contribution in [0.3, 0.4) is 0 Å². The zero-order chi connectivity index (χ0) is 12.5. The molecule has 1 N–H and O–H groups in total. The Kier molecular flexibility index (Phi) is 2.68. The van der Waals surface area contributed by atoms with Crippen LogP contribution < -0.4 is 5.32 Å². The molecule has 0 fully saturated rings. The smallest absolute Gasteiger partial charge is 0.193 e. The van der Waals surface area contributed by atoms with Crippen LogP contribution in [0.5, 0.6) is 0 Å². The Hall–Kier alpha value is -2.00. The SMILES string of the molecule is O=C1c2ccccc2CNCc2ccc(F)cc21. The van der Waals surface area contributed by atoms with Crippen molar-refractivity contribution in [3.63, 3.8) is 0 Å². The Balaban J connectivity index is 2.19. The lowest BCUT2D eigenvalue weighted by Crippen LogP contribution is -2.21. The maximum Gasteiger partial charge on any atom is 0.193 e. The van der Waals surface area contributed by atoms with Gasteiger partial charge in [0.2, 0.25) is 0 Å². The molecular formula is C15H12FNO. The lowest BCUT2D eigenvalue weighted by molar-refractivity contribution is 0.103. The van der Waals surface area contributed by atoms with Crippen molar-refractivity contribution in [1.29, 1.82) is 0 Å². The van der Waals surface area contributed by atoms with Crippen LogP contribution in [-0.2, 0) is 13.1 Å². The molecule has 0 amide bonds. The van der Waals surface area contributed by atoms with Crippen molar-refractivity contribution in [1.82, 2.24) is 5.32 Å². The van der Waals surface area contributed by atoms with E-state index < -0.39 is 0 Å². The molecule has 3 rings (SSSR count). The van der Waals surface area contributed by atoms with Gasteiger partial charge in [0.05, 0.1) is 0 Å². The number of rotatable bonds is 0. The Morgan fingerprint density at radius 3 is 2.50 bits per heavy atom. The van der Waals surface area contributed by atoms with E-state index >= 15 is 0 Å². The van der Waals surface area contributed by atoms with Gasteiger partial charge < -0.3 is 5.32 Å². The molecule has 18 heavy (non-hydrogen) atoms. The molecule has 0 atom stereocenters. The number of carbonyl (C=O) groups excluding carboxylic acids is 1. The number of ketones is 1. The van der Waals surface area contributed by atoms with Crippen LogP contribution in [0.1, 0.15) is 27.0 Å². The van der Waals surface area contributed by atoms with E-state index in [0.29, 0.717) is 24.2 Å². The average molecular weight is 241 g/mol.